The highest BCUT2D eigenvalue weighted by atomic mass is 79.9. The Labute approximate surface area is 161 Å². The quantitative estimate of drug-likeness (QED) is 0.719. The van der Waals surface area contributed by atoms with Gasteiger partial charge in [0.1, 0.15) is 0 Å². The highest BCUT2D eigenvalue weighted by molar-refractivity contribution is 9.10. The van der Waals surface area contributed by atoms with Crippen molar-refractivity contribution in [2.45, 2.75) is 24.6 Å². The minimum absolute atomic E-state index is 0.0647. The van der Waals surface area contributed by atoms with E-state index in [1.165, 1.54) is 25.3 Å². The molecule has 9 heteroatoms. The molecule has 0 aromatic heterocycles. The summed E-state index contributed by atoms with van der Waals surface area (Å²) in [5, 5.41) is 10.7. The van der Waals surface area contributed by atoms with E-state index in [1.807, 2.05) is 0 Å². The first-order valence-corrected chi connectivity index (χ1v) is 8.76. The summed E-state index contributed by atoms with van der Waals surface area (Å²) in [4.78, 5) is 24.1. The van der Waals surface area contributed by atoms with E-state index in [2.05, 4.69) is 15.9 Å². The third-order valence-corrected chi connectivity index (χ3v) is 5.48. The molecule has 0 saturated carbocycles. The SMILES string of the molecule is COc1cc(Br)c2c(c1O)C1(C=CC(=O)C=C1)CCN(C(=O)C(F)(F)F)C2. The number of benzene rings is 1. The van der Waals surface area contributed by atoms with E-state index in [0.717, 1.165) is 0 Å². The van der Waals surface area contributed by atoms with Gasteiger partial charge >= 0.3 is 12.1 Å². The molecule has 0 unspecified atom stereocenters. The molecule has 0 radical (unpaired) electrons. The molecule has 144 valence electrons. The number of rotatable bonds is 1. The summed E-state index contributed by atoms with van der Waals surface area (Å²) < 4.78 is 44.5. The van der Waals surface area contributed by atoms with Gasteiger partial charge in [-0.2, -0.15) is 13.2 Å². The molecule has 1 amide bonds. The fourth-order valence-electron chi connectivity index (χ4n) is 3.44. The van der Waals surface area contributed by atoms with Gasteiger partial charge in [0.15, 0.2) is 17.3 Å². The van der Waals surface area contributed by atoms with Gasteiger partial charge in [-0.3, -0.25) is 9.59 Å². The van der Waals surface area contributed by atoms with Crippen LogP contribution in [0, 0.1) is 0 Å². The van der Waals surface area contributed by atoms with E-state index >= 15 is 0 Å². The number of aromatic hydroxyl groups is 1. The first-order valence-electron chi connectivity index (χ1n) is 7.96. The molecule has 1 N–H and O–H groups in total. The van der Waals surface area contributed by atoms with Gasteiger partial charge in [0, 0.05) is 28.5 Å². The summed E-state index contributed by atoms with van der Waals surface area (Å²) in [6, 6.07) is 1.44. The molecule has 1 spiro atoms. The van der Waals surface area contributed by atoms with Gasteiger partial charge in [-0.25, -0.2) is 0 Å². The Morgan fingerprint density at radius 3 is 2.52 bits per heavy atom. The number of allylic oxidation sites excluding steroid dienone is 4. The number of hydrogen-bond acceptors (Lipinski definition) is 4. The Kier molecular flexibility index (Phi) is 4.83. The van der Waals surface area contributed by atoms with Crippen LogP contribution in [0.25, 0.3) is 0 Å². The average Bonchev–Trinajstić information content (AvgIpc) is 2.77. The van der Waals surface area contributed by atoms with Gasteiger partial charge in [-0.05, 0) is 30.2 Å². The molecular weight excluding hydrogens is 431 g/mol. The third-order valence-electron chi connectivity index (χ3n) is 4.77. The van der Waals surface area contributed by atoms with Crippen molar-refractivity contribution in [1.29, 1.82) is 0 Å². The zero-order valence-electron chi connectivity index (χ0n) is 14.1. The number of methoxy groups -OCH3 is 1. The number of carbonyl (C=O) groups excluding carboxylic acids is 2. The topological polar surface area (TPSA) is 66.8 Å². The van der Waals surface area contributed by atoms with Crippen molar-refractivity contribution < 1.29 is 32.6 Å². The Bertz CT molecular complexity index is 860. The fraction of sp³-hybridized carbons (Fsp3) is 0.333. The van der Waals surface area contributed by atoms with Crippen LogP contribution >= 0.6 is 15.9 Å². The normalized spacial score (nSPS) is 18.4. The number of carbonyl (C=O) groups is 2. The fourth-order valence-corrected chi connectivity index (χ4v) is 3.97. The van der Waals surface area contributed by atoms with E-state index in [1.54, 1.807) is 12.2 Å². The minimum Gasteiger partial charge on any atom is -0.504 e. The summed E-state index contributed by atoms with van der Waals surface area (Å²) in [7, 11) is 1.35. The average molecular weight is 446 g/mol. The summed E-state index contributed by atoms with van der Waals surface area (Å²) >= 11 is 3.31. The smallest absolute Gasteiger partial charge is 0.471 e. The molecule has 2 aliphatic rings. The summed E-state index contributed by atoms with van der Waals surface area (Å²) in [6.07, 6.45) is 0.750. The van der Waals surface area contributed by atoms with Crippen LogP contribution < -0.4 is 4.74 Å². The van der Waals surface area contributed by atoms with E-state index < -0.39 is 17.5 Å². The second kappa shape index (κ2) is 6.70. The molecule has 27 heavy (non-hydrogen) atoms. The van der Waals surface area contributed by atoms with Crippen LogP contribution in [0.1, 0.15) is 17.5 Å². The number of hydrogen-bond donors (Lipinski definition) is 1. The number of ether oxygens (including phenoxy) is 1. The van der Waals surface area contributed by atoms with E-state index in [4.69, 9.17) is 4.74 Å². The summed E-state index contributed by atoms with van der Waals surface area (Å²) in [6.45, 7) is -0.548. The molecule has 1 aliphatic heterocycles. The standard InChI is InChI=1S/C18H15BrF3NO4/c1-27-13-8-12(19)11-9-23(16(26)18(20,21)22)7-6-17(14(11)15(13)25)4-2-10(24)3-5-17/h2-5,8,25H,6-7,9H2,1H3. The molecule has 5 nitrogen and oxygen atoms in total. The van der Waals surface area contributed by atoms with Gasteiger partial charge in [-0.1, -0.05) is 28.1 Å². The number of halogens is 4. The monoisotopic (exact) mass is 445 g/mol. The van der Waals surface area contributed by atoms with Crippen molar-refractivity contribution in [1.82, 2.24) is 4.90 Å². The Hall–Kier alpha value is -2.29. The molecule has 0 fully saturated rings. The molecule has 1 heterocycles. The Balaban J connectivity index is 2.22. The number of fused-ring (bicyclic) bond motifs is 2. The first kappa shape index (κ1) is 19.5. The molecular formula is C18H15BrF3NO4. The van der Waals surface area contributed by atoms with Gasteiger partial charge < -0.3 is 14.7 Å². The molecule has 3 rings (SSSR count). The lowest BCUT2D eigenvalue weighted by molar-refractivity contribution is -0.186. The molecule has 1 aromatic rings. The van der Waals surface area contributed by atoms with Crippen molar-refractivity contribution in [3.8, 4) is 11.5 Å². The van der Waals surface area contributed by atoms with Crippen molar-refractivity contribution in [3.63, 3.8) is 0 Å². The zero-order valence-corrected chi connectivity index (χ0v) is 15.7. The predicted octanol–water partition coefficient (Wildman–Crippen LogP) is 3.39. The van der Waals surface area contributed by atoms with E-state index in [-0.39, 0.29) is 36.8 Å². The number of amides is 1. The largest absolute Gasteiger partial charge is 0.504 e. The maximum atomic E-state index is 13.0. The van der Waals surface area contributed by atoms with Gasteiger partial charge in [0.05, 0.1) is 7.11 Å². The minimum atomic E-state index is -5.01. The van der Waals surface area contributed by atoms with Crippen LogP contribution in [0.2, 0.25) is 0 Å². The predicted molar refractivity (Wildman–Crippen MR) is 93.4 cm³/mol. The maximum absolute atomic E-state index is 13.0. The molecule has 1 aromatic carbocycles. The van der Waals surface area contributed by atoms with Crippen LogP contribution in [-0.2, 0) is 21.5 Å². The van der Waals surface area contributed by atoms with Gasteiger partial charge in [0.25, 0.3) is 0 Å². The van der Waals surface area contributed by atoms with Crippen molar-refractivity contribution in [2.24, 2.45) is 0 Å². The third kappa shape index (κ3) is 3.36. The van der Waals surface area contributed by atoms with Crippen LogP contribution in [0.15, 0.2) is 34.8 Å². The number of phenols is 1. The molecule has 1 aliphatic carbocycles. The lowest BCUT2D eigenvalue weighted by Gasteiger charge is -2.31. The Morgan fingerprint density at radius 1 is 1.33 bits per heavy atom. The number of phenolic OH excluding ortho intramolecular Hbond substituents is 1. The number of nitrogens with zero attached hydrogens (tertiary/aromatic N) is 1. The van der Waals surface area contributed by atoms with Crippen LogP contribution in [0.5, 0.6) is 11.5 Å². The first-order chi connectivity index (χ1) is 12.6. The van der Waals surface area contributed by atoms with Crippen LogP contribution in [-0.4, -0.2) is 41.5 Å². The number of alkyl halides is 3. The second-order valence-electron chi connectivity index (χ2n) is 6.35. The van der Waals surface area contributed by atoms with Crippen LogP contribution in [0.3, 0.4) is 0 Å². The second-order valence-corrected chi connectivity index (χ2v) is 7.20. The molecule has 0 atom stereocenters. The zero-order chi connectivity index (χ0) is 20.0. The van der Waals surface area contributed by atoms with Gasteiger partial charge in [-0.15, -0.1) is 0 Å². The van der Waals surface area contributed by atoms with E-state index in [9.17, 15) is 27.9 Å². The molecule has 0 saturated heterocycles. The molecule has 0 bridgehead atoms. The van der Waals surface area contributed by atoms with E-state index in [0.29, 0.717) is 20.5 Å². The van der Waals surface area contributed by atoms with Crippen molar-refractivity contribution in [2.75, 3.05) is 13.7 Å². The van der Waals surface area contributed by atoms with Crippen LogP contribution in [0.4, 0.5) is 13.2 Å². The lowest BCUT2D eigenvalue weighted by atomic mass is 9.73. The summed E-state index contributed by atoms with van der Waals surface area (Å²) in [5.74, 6) is -2.32. The number of ketones is 1. The van der Waals surface area contributed by atoms with Crippen molar-refractivity contribution in [3.05, 3.63) is 46.0 Å². The van der Waals surface area contributed by atoms with Crippen molar-refractivity contribution >= 4 is 27.6 Å². The highest BCUT2D eigenvalue weighted by Crippen LogP contribution is 2.49. The lowest BCUT2D eigenvalue weighted by Crippen LogP contribution is -2.41. The summed E-state index contributed by atoms with van der Waals surface area (Å²) in [5.41, 5.74) is -0.399. The maximum Gasteiger partial charge on any atom is 0.471 e. The van der Waals surface area contributed by atoms with Gasteiger partial charge in [0.2, 0.25) is 0 Å². The highest BCUT2D eigenvalue weighted by Gasteiger charge is 2.46. The Morgan fingerprint density at radius 2 is 1.96 bits per heavy atom.